The Kier molecular flexibility index (Phi) is 5.30. The lowest BCUT2D eigenvalue weighted by molar-refractivity contribution is 0.384. The number of halogens is 2. The van der Waals surface area contributed by atoms with Crippen molar-refractivity contribution in [1.82, 2.24) is 9.62 Å². The molecule has 1 atom stereocenters. The fraction of sp³-hybridized carbons (Fsp3) is 0.636. The molecule has 0 aliphatic carbocycles. The van der Waals surface area contributed by atoms with E-state index in [1.807, 2.05) is 6.92 Å². The van der Waals surface area contributed by atoms with E-state index in [1.54, 1.807) is 0 Å². The van der Waals surface area contributed by atoms with Gasteiger partial charge in [0.15, 0.2) is 0 Å². The van der Waals surface area contributed by atoms with Crippen LogP contribution >= 0.6 is 38.9 Å². The largest absolute Gasteiger partial charge is 0.313 e. The summed E-state index contributed by atoms with van der Waals surface area (Å²) in [7, 11) is -3.44. The highest BCUT2D eigenvalue weighted by Crippen LogP contribution is 2.36. The van der Waals surface area contributed by atoms with Gasteiger partial charge in [-0.15, -0.1) is 11.3 Å². The molecule has 1 aromatic rings. The number of hydrogen-bond acceptors (Lipinski definition) is 4. The Morgan fingerprint density at radius 2 is 2.37 bits per heavy atom. The summed E-state index contributed by atoms with van der Waals surface area (Å²) in [5.74, 6) is 0. The summed E-state index contributed by atoms with van der Waals surface area (Å²) in [5.41, 5.74) is 0. The van der Waals surface area contributed by atoms with Crippen LogP contribution in [0, 0.1) is 0 Å². The van der Waals surface area contributed by atoms with Crippen molar-refractivity contribution in [2.45, 2.75) is 30.0 Å². The van der Waals surface area contributed by atoms with E-state index in [1.165, 1.54) is 10.4 Å². The number of hydrogen-bond donors (Lipinski definition) is 1. The first-order valence-electron chi connectivity index (χ1n) is 6.13. The summed E-state index contributed by atoms with van der Waals surface area (Å²) in [4.78, 5) is 0. The molecule has 1 N–H and O–H groups in total. The van der Waals surface area contributed by atoms with E-state index >= 15 is 0 Å². The maximum Gasteiger partial charge on any atom is 0.252 e. The molecule has 4 nitrogen and oxygen atoms in total. The zero-order valence-electron chi connectivity index (χ0n) is 10.5. The van der Waals surface area contributed by atoms with E-state index in [9.17, 15) is 8.42 Å². The quantitative estimate of drug-likeness (QED) is 0.845. The third-order valence-corrected chi connectivity index (χ3v) is 8.02. The van der Waals surface area contributed by atoms with Gasteiger partial charge in [-0.3, -0.25) is 0 Å². The molecule has 1 saturated heterocycles. The highest BCUT2D eigenvalue weighted by Gasteiger charge is 2.29. The lowest BCUT2D eigenvalue weighted by atomic mass is 10.2. The Labute approximate surface area is 131 Å². The smallest absolute Gasteiger partial charge is 0.252 e. The normalized spacial score (nSPS) is 20.3. The second kappa shape index (κ2) is 6.41. The van der Waals surface area contributed by atoms with Gasteiger partial charge in [0.2, 0.25) is 0 Å². The molecule has 2 rings (SSSR count). The Morgan fingerprint density at radius 3 is 2.84 bits per heavy atom. The van der Waals surface area contributed by atoms with Crippen LogP contribution in [0.1, 0.15) is 19.8 Å². The van der Waals surface area contributed by atoms with Crippen LogP contribution in [-0.2, 0) is 10.0 Å². The zero-order chi connectivity index (χ0) is 14.0. The summed E-state index contributed by atoms with van der Waals surface area (Å²) in [6.45, 7) is 3.81. The van der Waals surface area contributed by atoms with Crippen LogP contribution in [0.15, 0.2) is 14.1 Å². The van der Waals surface area contributed by atoms with Crippen molar-refractivity contribution in [3.8, 4) is 0 Å². The predicted molar refractivity (Wildman–Crippen MR) is 82.5 cm³/mol. The Morgan fingerprint density at radius 1 is 1.63 bits per heavy atom. The highest BCUT2D eigenvalue weighted by molar-refractivity contribution is 9.11. The minimum Gasteiger partial charge on any atom is -0.313 e. The van der Waals surface area contributed by atoms with Gasteiger partial charge in [0.05, 0.1) is 8.81 Å². The average molecular weight is 388 g/mol. The van der Waals surface area contributed by atoms with Gasteiger partial charge in [0.1, 0.15) is 4.21 Å². The first-order chi connectivity index (χ1) is 8.95. The van der Waals surface area contributed by atoms with Crippen molar-refractivity contribution in [2.75, 3.05) is 19.6 Å². The van der Waals surface area contributed by atoms with E-state index in [2.05, 4.69) is 21.2 Å². The number of likely N-dealkylation sites (N-methyl/N-ethyl adjacent to an activating group) is 1. The number of nitrogens with one attached hydrogen (secondary N) is 1. The summed E-state index contributed by atoms with van der Waals surface area (Å²) < 4.78 is 27.6. The summed E-state index contributed by atoms with van der Waals surface area (Å²) in [6, 6.07) is 1.77. The zero-order valence-corrected chi connectivity index (χ0v) is 14.5. The molecule has 1 aromatic heterocycles. The van der Waals surface area contributed by atoms with Crippen molar-refractivity contribution in [1.29, 1.82) is 0 Å². The maximum atomic E-state index is 12.5. The van der Waals surface area contributed by atoms with Crippen molar-refractivity contribution < 1.29 is 8.42 Å². The molecule has 0 saturated carbocycles. The predicted octanol–water partition coefficient (Wildman–Crippen LogP) is 2.93. The molecular weight excluding hydrogens is 372 g/mol. The van der Waals surface area contributed by atoms with Gasteiger partial charge in [-0.2, -0.15) is 4.31 Å². The van der Waals surface area contributed by atoms with Crippen LogP contribution in [0.25, 0.3) is 0 Å². The summed E-state index contributed by atoms with van der Waals surface area (Å²) in [5, 5.41) is 3.77. The van der Waals surface area contributed by atoms with Gasteiger partial charge < -0.3 is 5.32 Å². The number of thiophene rings is 1. The number of sulfonamides is 1. The van der Waals surface area contributed by atoms with E-state index in [0.717, 1.165) is 30.7 Å². The first kappa shape index (κ1) is 15.7. The van der Waals surface area contributed by atoms with E-state index in [-0.39, 0.29) is 6.04 Å². The molecule has 19 heavy (non-hydrogen) atoms. The van der Waals surface area contributed by atoms with Crippen LogP contribution in [0.3, 0.4) is 0 Å². The summed E-state index contributed by atoms with van der Waals surface area (Å²) in [6.07, 6.45) is 2.14. The van der Waals surface area contributed by atoms with E-state index in [4.69, 9.17) is 11.6 Å². The summed E-state index contributed by atoms with van der Waals surface area (Å²) >= 11 is 10.3. The highest BCUT2D eigenvalue weighted by atomic mass is 79.9. The number of rotatable bonds is 5. The Hall–Kier alpha value is 0.340. The van der Waals surface area contributed by atoms with Gasteiger partial charge in [-0.25, -0.2) is 8.42 Å². The van der Waals surface area contributed by atoms with Gasteiger partial charge in [0.25, 0.3) is 10.0 Å². The first-order valence-corrected chi connectivity index (χ1v) is 9.56. The topological polar surface area (TPSA) is 49.4 Å². The van der Waals surface area contributed by atoms with Crippen molar-refractivity contribution in [3.05, 3.63) is 14.9 Å². The molecule has 1 fully saturated rings. The molecule has 0 spiro atoms. The van der Waals surface area contributed by atoms with Crippen LogP contribution in [0.4, 0.5) is 0 Å². The molecule has 1 aliphatic heterocycles. The minimum absolute atomic E-state index is 0.258. The van der Waals surface area contributed by atoms with E-state index < -0.39 is 10.0 Å². The van der Waals surface area contributed by atoms with Gasteiger partial charge >= 0.3 is 0 Å². The maximum absolute atomic E-state index is 12.5. The molecule has 1 unspecified atom stereocenters. The van der Waals surface area contributed by atoms with Gasteiger partial charge in [0, 0.05) is 19.1 Å². The van der Waals surface area contributed by atoms with Crippen LogP contribution in [0.2, 0.25) is 5.02 Å². The van der Waals surface area contributed by atoms with Crippen LogP contribution < -0.4 is 5.32 Å². The van der Waals surface area contributed by atoms with Crippen molar-refractivity contribution >= 4 is 48.9 Å². The van der Waals surface area contributed by atoms with Crippen LogP contribution in [-0.4, -0.2) is 38.4 Å². The molecule has 0 amide bonds. The molecule has 0 bridgehead atoms. The van der Waals surface area contributed by atoms with Gasteiger partial charge in [-0.05, 0) is 41.4 Å². The molecule has 108 valence electrons. The fourth-order valence-electron chi connectivity index (χ4n) is 2.14. The van der Waals surface area contributed by atoms with Crippen molar-refractivity contribution in [3.63, 3.8) is 0 Å². The third-order valence-electron chi connectivity index (χ3n) is 3.16. The average Bonchev–Trinajstić information content (AvgIpc) is 2.97. The van der Waals surface area contributed by atoms with Crippen molar-refractivity contribution in [2.24, 2.45) is 0 Å². The fourth-order valence-corrected chi connectivity index (χ4v) is 6.18. The Bertz CT molecular complexity index is 521. The standard InChI is InChI=1S/C11H16BrClN2O2S2/c1-2-15(7-8-4-3-5-14-8)19(16,17)10-6-9(13)11(12)18-10/h6,8,14H,2-5,7H2,1H3. The van der Waals surface area contributed by atoms with E-state index in [0.29, 0.717) is 26.1 Å². The molecule has 8 heteroatoms. The monoisotopic (exact) mass is 386 g/mol. The lowest BCUT2D eigenvalue weighted by Crippen LogP contribution is -2.40. The molecule has 2 heterocycles. The molecule has 1 aliphatic rings. The lowest BCUT2D eigenvalue weighted by Gasteiger charge is -2.23. The Balaban J connectivity index is 2.20. The molecule has 0 radical (unpaired) electrons. The molecule has 0 aromatic carbocycles. The SMILES string of the molecule is CCN(CC1CCCN1)S(=O)(=O)c1cc(Cl)c(Br)s1. The molecular formula is C11H16BrClN2O2S2. The third kappa shape index (κ3) is 3.51. The number of nitrogens with zero attached hydrogens (tertiary/aromatic N) is 1. The van der Waals surface area contributed by atoms with Crippen LogP contribution in [0.5, 0.6) is 0 Å². The minimum atomic E-state index is -3.44. The second-order valence-corrected chi connectivity index (χ2v) is 9.38. The second-order valence-electron chi connectivity index (χ2n) is 4.44. The van der Waals surface area contributed by atoms with Gasteiger partial charge in [-0.1, -0.05) is 18.5 Å².